The SMILES string of the molecule is COC(=O)C1=C(C)NC2=C(C(=O)CC(C)(C)C2)[C@H]1c1ccc(OC(F)F)cc1. The first-order valence-corrected chi connectivity index (χ1v) is 9.00. The summed E-state index contributed by atoms with van der Waals surface area (Å²) >= 11 is 0. The number of rotatable bonds is 4. The van der Waals surface area contributed by atoms with E-state index in [-0.39, 0.29) is 16.9 Å². The molecule has 0 unspecified atom stereocenters. The number of carbonyl (C=O) groups excluding carboxylic acids is 2. The molecule has 1 aromatic carbocycles. The van der Waals surface area contributed by atoms with E-state index in [1.54, 1.807) is 19.1 Å². The van der Waals surface area contributed by atoms with E-state index in [2.05, 4.69) is 10.1 Å². The van der Waals surface area contributed by atoms with E-state index in [4.69, 9.17) is 4.74 Å². The molecule has 1 heterocycles. The highest BCUT2D eigenvalue weighted by Gasteiger charge is 2.42. The Balaban J connectivity index is 2.11. The quantitative estimate of drug-likeness (QED) is 0.784. The molecule has 1 N–H and O–H groups in total. The first kappa shape index (κ1) is 20.0. The molecule has 1 atom stereocenters. The zero-order valence-corrected chi connectivity index (χ0v) is 16.3. The third-order valence-corrected chi connectivity index (χ3v) is 5.08. The number of Topliss-reactive ketones (excluding diaryl/α,β-unsaturated/α-hetero) is 1. The summed E-state index contributed by atoms with van der Waals surface area (Å²) in [6, 6.07) is 6.01. The number of ketones is 1. The molecule has 0 saturated heterocycles. The van der Waals surface area contributed by atoms with Crippen molar-refractivity contribution in [3.63, 3.8) is 0 Å². The molecule has 0 fully saturated rings. The topological polar surface area (TPSA) is 64.6 Å². The van der Waals surface area contributed by atoms with Gasteiger partial charge in [-0.3, -0.25) is 4.79 Å². The van der Waals surface area contributed by atoms with Crippen LogP contribution in [0.5, 0.6) is 5.75 Å². The molecular weight excluding hydrogens is 368 g/mol. The Bertz CT molecular complexity index is 869. The van der Waals surface area contributed by atoms with Crippen LogP contribution >= 0.6 is 0 Å². The van der Waals surface area contributed by atoms with Gasteiger partial charge in [-0.05, 0) is 36.5 Å². The predicted octanol–water partition coefficient (Wildman–Crippen LogP) is 4.07. The van der Waals surface area contributed by atoms with E-state index in [1.165, 1.54) is 19.2 Å². The molecule has 1 aromatic rings. The number of hydrogen-bond donors (Lipinski definition) is 1. The second-order valence-electron chi connectivity index (χ2n) is 7.87. The molecule has 0 spiro atoms. The van der Waals surface area contributed by atoms with Gasteiger partial charge >= 0.3 is 12.6 Å². The number of dihydropyridines is 1. The minimum atomic E-state index is -2.92. The fourth-order valence-corrected chi connectivity index (χ4v) is 3.99. The summed E-state index contributed by atoms with van der Waals surface area (Å²) in [7, 11) is 1.29. The van der Waals surface area contributed by atoms with Crippen LogP contribution in [0.4, 0.5) is 8.78 Å². The molecule has 28 heavy (non-hydrogen) atoms. The van der Waals surface area contributed by atoms with Gasteiger partial charge in [-0.25, -0.2) is 4.79 Å². The van der Waals surface area contributed by atoms with Crippen LogP contribution in [0.1, 0.15) is 45.1 Å². The van der Waals surface area contributed by atoms with Crippen molar-refractivity contribution >= 4 is 11.8 Å². The average Bonchev–Trinajstić information content (AvgIpc) is 2.59. The minimum absolute atomic E-state index is 0.0123. The third-order valence-electron chi connectivity index (χ3n) is 5.08. The summed E-state index contributed by atoms with van der Waals surface area (Å²) in [5, 5.41) is 3.22. The maximum atomic E-state index is 13.0. The van der Waals surface area contributed by atoms with Gasteiger partial charge in [0.1, 0.15) is 5.75 Å². The normalized spacial score (nSPS) is 21.4. The van der Waals surface area contributed by atoms with Gasteiger partial charge in [-0.2, -0.15) is 8.78 Å². The van der Waals surface area contributed by atoms with Crippen molar-refractivity contribution in [2.75, 3.05) is 7.11 Å². The number of esters is 1. The van der Waals surface area contributed by atoms with Gasteiger partial charge in [0.25, 0.3) is 0 Å². The van der Waals surface area contributed by atoms with Crippen LogP contribution in [-0.2, 0) is 14.3 Å². The van der Waals surface area contributed by atoms with Crippen LogP contribution in [0.15, 0.2) is 46.8 Å². The zero-order chi connectivity index (χ0) is 20.6. The Morgan fingerprint density at radius 1 is 1.21 bits per heavy atom. The maximum absolute atomic E-state index is 13.0. The van der Waals surface area contributed by atoms with Crippen LogP contribution in [0.2, 0.25) is 0 Å². The largest absolute Gasteiger partial charge is 0.466 e. The Morgan fingerprint density at radius 2 is 1.86 bits per heavy atom. The molecule has 150 valence electrons. The maximum Gasteiger partial charge on any atom is 0.387 e. The highest BCUT2D eigenvalue weighted by atomic mass is 19.3. The lowest BCUT2D eigenvalue weighted by atomic mass is 9.68. The summed E-state index contributed by atoms with van der Waals surface area (Å²) in [5.74, 6) is -1.18. The number of nitrogens with one attached hydrogen (secondary N) is 1. The first-order chi connectivity index (χ1) is 13.1. The molecule has 1 aliphatic carbocycles. The lowest BCUT2D eigenvalue weighted by Gasteiger charge is -2.39. The van der Waals surface area contributed by atoms with Crippen molar-refractivity contribution in [1.82, 2.24) is 5.32 Å². The van der Waals surface area contributed by atoms with E-state index in [0.29, 0.717) is 35.2 Å². The number of alkyl halides is 2. The molecule has 0 aromatic heterocycles. The summed E-state index contributed by atoms with van der Waals surface area (Å²) < 4.78 is 34.2. The highest BCUT2D eigenvalue weighted by Crippen LogP contribution is 2.46. The Labute approximate surface area is 162 Å². The molecule has 5 nitrogen and oxygen atoms in total. The molecule has 7 heteroatoms. The van der Waals surface area contributed by atoms with E-state index in [0.717, 1.165) is 5.70 Å². The zero-order valence-electron chi connectivity index (χ0n) is 16.3. The summed E-state index contributed by atoms with van der Waals surface area (Å²) in [6.07, 6.45) is 1.03. The van der Waals surface area contributed by atoms with Crippen molar-refractivity contribution in [3.05, 3.63) is 52.4 Å². The van der Waals surface area contributed by atoms with Crippen LogP contribution in [-0.4, -0.2) is 25.5 Å². The van der Waals surface area contributed by atoms with Gasteiger partial charge in [0, 0.05) is 29.3 Å². The molecular formula is C21H23F2NO4. The number of ether oxygens (including phenoxy) is 2. The summed E-state index contributed by atoms with van der Waals surface area (Å²) in [6.45, 7) is 2.89. The fourth-order valence-electron chi connectivity index (χ4n) is 3.99. The number of carbonyl (C=O) groups is 2. The van der Waals surface area contributed by atoms with Crippen molar-refractivity contribution in [2.45, 2.75) is 46.1 Å². The second kappa shape index (κ2) is 7.37. The second-order valence-corrected chi connectivity index (χ2v) is 7.87. The third kappa shape index (κ3) is 3.79. The molecule has 3 rings (SSSR count). The smallest absolute Gasteiger partial charge is 0.387 e. The van der Waals surface area contributed by atoms with Crippen LogP contribution < -0.4 is 10.1 Å². The van der Waals surface area contributed by atoms with Gasteiger partial charge in [0.05, 0.1) is 12.7 Å². The first-order valence-electron chi connectivity index (χ1n) is 9.00. The van der Waals surface area contributed by atoms with Crippen molar-refractivity contribution in [1.29, 1.82) is 0 Å². The van der Waals surface area contributed by atoms with Gasteiger partial charge in [0.2, 0.25) is 0 Å². The minimum Gasteiger partial charge on any atom is -0.466 e. The standard InChI is InChI=1S/C21H23F2NO4/c1-11-16(19(26)27-4)17(12-5-7-13(8-6-12)28-20(22)23)18-14(24-11)9-21(2,3)10-15(18)25/h5-8,17,20,24H,9-10H2,1-4H3/t17-/m0/s1. The lowest BCUT2D eigenvalue weighted by Crippen LogP contribution is -2.38. The van der Waals surface area contributed by atoms with E-state index < -0.39 is 18.5 Å². The van der Waals surface area contributed by atoms with Gasteiger partial charge < -0.3 is 14.8 Å². The van der Waals surface area contributed by atoms with Crippen LogP contribution in [0.3, 0.4) is 0 Å². The van der Waals surface area contributed by atoms with Crippen LogP contribution in [0, 0.1) is 5.41 Å². The Hall–Kier alpha value is -2.70. The van der Waals surface area contributed by atoms with Crippen molar-refractivity contribution in [2.24, 2.45) is 5.41 Å². The monoisotopic (exact) mass is 391 g/mol. The van der Waals surface area contributed by atoms with E-state index in [1.807, 2.05) is 13.8 Å². The number of hydrogen-bond acceptors (Lipinski definition) is 5. The fraction of sp³-hybridized carbons (Fsp3) is 0.429. The lowest BCUT2D eigenvalue weighted by molar-refractivity contribution is -0.136. The molecule has 0 amide bonds. The Morgan fingerprint density at radius 3 is 2.43 bits per heavy atom. The van der Waals surface area contributed by atoms with E-state index in [9.17, 15) is 18.4 Å². The van der Waals surface area contributed by atoms with Crippen LogP contribution in [0.25, 0.3) is 0 Å². The number of halogens is 2. The number of allylic oxidation sites excluding steroid dienone is 3. The van der Waals surface area contributed by atoms with Gasteiger partial charge in [-0.1, -0.05) is 26.0 Å². The van der Waals surface area contributed by atoms with E-state index >= 15 is 0 Å². The van der Waals surface area contributed by atoms with Gasteiger partial charge in [-0.15, -0.1) is 0 Å². The predicted molar refractivity (Wildman–Crippen MR) is 98.7 cm³/mol. The van der Waals surface area contributed by atoms with Crippen molar-refractivity contribution < 1.29 is 27.8 Å². The highest BCUT2D eigenvalue weighted by molar-refractivity contribution is 6.04. The number of methoxy groups -OCH3 is 1. The summed E-state index contributed by atoms with van der Waals surface area (Å²) in [5.41, 5.74) is 2.75. The van der Waals surface area contributed by atoms with Crippen molar-refractivity contribution in [3.8, 4) is 5.75 Å². The van der Waals surface area contributed by atoms with Gasteiger partial charge in [0.15, 0.2) is 5.78 Å². The molecule has 0 radical (unpaired) electrons. The summed E-state index contributed by atoms with van der Waals surface area (Å²) in [4.78, 5) is 25.5. The molecule has 1 aliphatic heterocycles. The number of benzene rings is 1. The molecule has 0 saturated carbocycles. The molecule has 0 bridgehead atoms. The molecule has 2 aliphatic rings. The average molecular weight is 391 g/mol. The Kier molecular flexibility index (Phi) is 5.28.